The highest BCUT2D eigenvalue weighted by Gasteiger charge is 2.33. The molecule has 0 aliphatic heterocycles. The lowest BCUT2D eigenvalue weighted by Crippen LogP contribution is -2.41. The van der Waals surface area contributed by atoms with Crippen LogP contribution >= 0.6 is 0 Å². The smallest absolute Gasteiger partial charge is 0.387 e. The minimum atomic E-state index is -1.56. The van der Waals surface area contributed by atoms with Crippen LogP contribution in [0.4, 0.5) is 0 Å². The molecule has 2 radical (unpaired) electrons. The van der Waals surface area contributed by atoms with Crippen molar-refractivity contribution in [2.24, 2.45) is 0 Å². The molecular formula is C13H22O4Si2. The Morgan fingerprint density at radius 2 is 1.16 bits per heavy atom. The maximum Gasteiger partial charge on any atom is 0.387 e. The molecule has 0 N–H and O–H groups in total. The highest BCUT2D eigenvalue weighted by atomic mass is 28.4. The van der Waals surface area contributed by atoms with E-state index >= 15 is 0 Å². The van der Waals surface area contributed by atoms with Gasteiger partial charge in [0.15, 0.2) is 0 Å². The molecule has 0 bridgehead atoms. The predicted octanol–water partition coefficient (Wildman–Crippen LogP) is 1.65. The average Bonchev–Trinajstić information content (AvgIpc) is 2.36. The van der Waals surface area contributed by atoms with E-state index in [0.717, 1.165) is 0 Å². The minimum Gasteiger partial charge on any atom is -0.397 e. The van der Waals surface area contributed by atoms with Gasteiger partial charge in [0.05, 0.1) is 0 Å². The van der Waals surface area contributed by atoms with Crippen molar-refractivity contribution in [1.82, 2.24) is 0 Å². The molecule has 0 aromatic heterocycles. The van der Waals surface area contributed by atoms with E-state index in [0.29, 0.717) is 5.67 Å². The Kier molecular flexibility index (Phi) is 7.61. The van der Waals surface area contributed by atoms with Crippen LogP contribution in [0, 0.1) is 24.7 Å². The van der Waals surface area contributed by atoms with Crippen LogP contribution in [0.2, 0.25) is 5.67 Å². The van der Waals surface area contributed by atoms with Gasteiger partial charge in [-0.15, -0.1) is 12.8 Å². The fraction of sp³-hybridized carbons (Fsp3) is 0.692. The Hall–Kier alpha value is -0.606. The zero-order chi connectivity index (χ0) is 15.1. The fourth-order valence-corrected chi connectivity index (χ4v) is 5.14. The summed E-state index contributed by atoms with van der Waals surface area (Å²) >= 11 is 0. The van der Waals surface area contributed by atoms with Crippen molar-refractivity contribution in [2.75, 3.05) is 14.2 Å². The summed E-state index contributed by atoms with van der Waals surface area (Å²) in [5, 5.41) is 0. The van der Waals surface area contributed by atoms with Crippen molar-refractivity contribution < 1.29 is 17.7 Å². The number of hydrogen-bond acceptors (Lipinski definition) is 4. The molecule has 0 aliphatic rings. The first kappa shape index (κ1) is 18.4. The lowest BCUT2D eigenvalue weighted by atomic mass is 10.2. The molecule has 0 aliphatic carbocycles. The van der Waals surface area contributed by atoms with Gasteiger partial charge in [-0.3, -0.25) is 0 Å². The van der Waals surface area contributed by atoms with Gasteiger partial charge in [0.2, 0.25) is 0 Å². The van der Waals surface area contributed by atoms with Crippen LogP contribution < -0.4 is 0 Å². The van der Waals surface area contributed by atoms with Gasteiger partial charge in [-0.05, 0) is 27.7 Å². The maximum absolute atomic E-state index is 5.77. The Labute approximate surface area is 120 Å². The summed E-state index contributed by atoms with van der Waals surface area (Å²) in [6.45, 7) is 7.29. The summed E-state index contributed by atoms with van der Waals surface area (Å²) in [6.07, 6.45) is 10.8. The lowest BCUT2D eigenvalue weighted by molar-refractivity contribution is 0.113. The van der Waals surface area contributed by atoms with Gasteiger partial charge in [0, 0.05) is 19.9 Å². The van der Waals surface area contributed by atoms with E-state index in [-0.39, 0.29) is 0 Å². The Bertz CT molecular complexity index is 321. The normalized spacial score (nSPS) is 12.5. The summed E-state index contributed by atoms with van der Waals surface area (Å²) in [5.74, 6) is 5.15. The van der Waals surface area contributed by atoms with E-state index in [1.54, 1.807) is 14.2 Å². The molecule has 0 rings (SSSR count). The molecule has 106 valence electrons. The van der Waals surface area contributed by atoms with Gasteiger partial charge in [-0.1, -0.05) is 11.8 Å². The first-order valence-electron chi connectivity index (χ1n) is 5.83. The SMILES string of the molecule is C#CC(C)(C)O[Si](C[Si](OC)OC(C)(C)C#C)OC. The molecule has 0 aromatic rings. The molecule has 0 unspecified atom stereocenters. The van der Waals surface area contributed by atoms with Crippen LogP contribution in [0.5, 0.6) is 0 Å². The van der Waals surface area contributed by atoms with Gasteiger partial charge in [-0.25, -0.2) is 0 Å². The lowest BCUT2D eigenvalue weighted by Gasteiger charge is -2.27. The molecular weight excluding hydrogens is 276 g/mol. The maximum atomic E-state index is 5.77. The van der Waals surface area contributed by atoms with Crippen molar-refractivity contribution in [1.29, 1.82) is 0 Å². The van der Waals surface area contributed by atoms with E-state index in [9.17, 15) is 0 Å². The third-order valence-electron chi connectivity index (χ3n) is 2.18. The minimum absolute atomic E-state index is 0.568. The number of hydrogen-bond donors (Lipinski definition) is 0. The van der Waals surface area contributed by atoms with Crippen molar-refractivity contribution in [3.63, 3.8) is 0 Å². The molecule has 0 aromatic carbocycles. The third-order valence-corrected chi connectivity index (χ3v) is 6.87. The van der Waals surface area contributed by atoms with E-state index in [2.05, 4.69) is 11.8 Å². The van der Waals surface area contributed by atoms with Crippen LogP contribution in [0.25, 0.3) is 0 Å². The first-order valence-corrected chi connectivity index (χ1v) is 8.87. The summed E-state index contributed by atoms with van der Waals surface area (Å²) in [6, 6.07) is 0. The molecule has 19 heavy (non-hydrogen) atoms. The van der Waals surface area contributed by atoms with Gasteiger partial charge in [-0.2, -0.15) is 0 Å². The Balaban J connectivity index is 4.59. The quantitative estimate of drug-likeness (QED) is 0.504. The van der Waals surface area contributed by atoms with Crippen molar-refractivity contribution >= 4 is 18.6 Å². The highest BCUT2D eigenvalue weighted by molar-refractivity contribution is 6.64. The van der Waals surface area contributed by atoms with Crippen LogP contribution in [-0.2, 0) is 17.7 Å². The number of terminal acetylenes is 2. The monoisotopic (exact) mass is 298 g/mol. The largest absolute Gasteiger partial charge is 0.397 e. The van der Waals surface area contributed by atoms with E-state index in [1.165, 1.54) is 0 Å². The molecule has 0 spiro atoms. The molecule has 0 saturated heterocycles. The van der Waals surface area contributed by atoms with Crippen molar-refractivity contribution in [3.8, 4) is 24.7 Å². The fourth-order valence-electron chi connectivity index (χ4n) is 1.05. The summed E-state index contributed by atoms with van der Waals surface area (Å²) < 4.78 is 22.3. The second kappa shape index (κ2) is 7.86. The molecule has 0 atom stereocenters. The second-order valence-corrected chi connectivity index (χ2v) is 8.97. The zero-order valence-corrected chi connectivity index (χ0v) is 14.5. The topological polar surface area (TPSA) is 36.9 Å². The molecule has 4 nitrogen and oxygen atoms in total. The number of rotatable bonds is 8. The van der Waals surface area contributed by atoms with Crippen LogP contribution in [0.3, 0.4) is 0 Å². The standard InChI is InChI=1S/C13H22O4Si2/c1-9-12(3,4)16-18(14-7)11-19(15-8)17-13(5,6)10-2/h1-2H,11H2,3-8H3. The summed E-state index contributed by atoms with van der Waals surface area (Å²) in [4.78, 5) is 0. The molecule has 0 amide bonds. The van der Waals surface area contributed by atoms with Crippen molar-refractivity contribution in [3.05, 3.63) is 0 Å². The van der Waals surface area contributed by atoms with E-state index in [1.807, 2.05) is 27.7 Å². The Morgan fingerprint density at radius 3 is 1.37 bits per heavy atom. The predicted molar refractivity (Wildman–Crippen MR) is 78.3 cm³/mol. The van der Waals surface area contributed by atoms with Gasteiger partial charge < -0.3 is 17.7 Å². The molecule has 0 fully saturated rings. The third kappa shape index (κ3) is 7.53. The second-order valence-electron chi connectivity index (χ2n) is 4.84. The van der Waals surface area contributed by atoms with E-state index < -0.39 is 29.8 Å². The van der Waals surface area contributed by atoms with Crippen molar-refractivity contribution in [2.45, 2.75) is 44.6 Å². The van der Waals surface area contributed by atoms with Gasteiger partial charge in [0.25, 0.3) is 0 Å². The molecule has 0 heterocycles. The van der Waals surface area contributed by atoms with Gasteiger partial charge in [0.1, 0.15) is 11.2 Å². The molecule has 0 saturated carbocycles. The summed E-state index contributed by atoms with van der Waals surface area (Å²) in [7, 11) is 0.0803. The highest BCUT2D eigenvalue weighted by Crippen LogP contribution is 2.16. The van der Waals surface area contributed by atoms with E-state index in [4.69, 9.17) is 30.6 Å². The first-order chi connectivity index (χ1) is 8.69. The Morgan fingerprint density at radius 1 is 0.842 bits per heavy atom. The van der Waals surface area contributed by atoms with Crippen LogP contribution in [-0.4, -0.2) is 44.0 Å². The summed E-state index contributed by atoms with van der Waals surface area (Å²) in [5.41, 5.74) is -0.752. The van der Waals surface area contributed by atoms with Crippen LogP contribution in [0.1, 0.15) is 27.7 Å². The zero-order valence-electron chi connectivity index (χ0n) is 12.5. The average molecular weight is 298 g/mol. The molecule has 6 heteroatoms. The van der Waals surface area contributed by atoms with Crippen LogP contribution in [0.15, 0.2) is 0 Å². The van der Waals surface area contributed by atoms with Gasteiger partial charge >= 0.3 is 18.6 Å².